The predicted molar refractivity (Wildman–Crippen MR) is 131 cm³/mol. The van der Waals surface area contributed by atoms with E-state index < -0.39 is 11.9 Å². The average molecular weight is 450 g/mol. The highest BCUT2D eigenvalue weighted by Gasteiger charge is 2.26. The molecule has 4 aromatic carbocycles. The number of rotatable bonds is 5. The normalized spacial score (nSPS) is 11.0. The summed E-state index contributed by atoms with van der Waals surface area (Å²) in [5.74, 6) is -0.207. The minimum atomic E-state index is -0.494. The number of fused-ring (bicyclic) bond motifs is 3. The molecule has 0 amide bonds. The molecule has 0 saturated heterocycles. The van der Waals surface area contributed by atoms with Gasteiger partial charge in [-0.05, 0) is 32.0 Å². The topological polar surface area (TPSA) is 65.7 Å². The molecule has 168 valence electrons. The minimum Gasteiger partial charge on any atom is -0.462 e. The Balaban J connectivity index is 1.73. The van der Waals surface area contributed by atoms with Gasteiger partial charge in [-0.25, -0.2) is 9.59 Å². The number of furan rings is 1. The zero-order chi connectivity index (χ0) is 23.7. The number of benzene rings is 4. The van der Waals surface area contributed by atoms with Crippen LogP contribution >= 0.6 is 0 Å². The van der Waals surface area contributed by atoms with Crippen LogP contribution in [0.2, 0.25) is 0 Å². The Labute approximate surface area is 196 Å². The first-order valence-electron chi connectivity index (χ1n) is 11.1. The van der Waals surface area contributed by atoms with E-state index in [9.17, 15) is 9.59 Å². The van der Waals surface area contributed by atoms with Crippen LogP contribution in [-0.4, -0.2) is 18.5 Å². The van der Waals surface area contributed by atoms with Crippen molar-refractivity contribution in [1.29, 1.82) is 0 Å². The van der Waals surface area contributed by atoms with Gasteiger partial charge in [0.15, 0.2) is 0 Å². The molecule has 34 heavy (non-hydrogen) atoms. The highest BCUT2D eigenvalue weighted by Crippen LogP contribution is 2.41. The summed E-state index contributed by atoms with van der Waals surface area (Å²) < 4.78 is 17.5. The molecule has 0 fully saturated rings. The fourth-order valence-corrected chi connectivity index (χ4v) is 4.02. The lowest BCUT2D eigenvalue weighted by Gasteiger charge is -2.09. The number of esters is 2. The average Bonchev–Trinajstić information content (AvgIpc) is 3.25. The third-order valence-corrected chi connectivity index (χ3v) is 5.66. The van der Waals surface area contributed by atoms with Gasteiger partial charge < -0.3 is 13.9 Å². The van der Waals surface area contributed by atoms with Gasteiger partial charge in [0.2, 0.25) is 0 Å². The Bertz CT molecular complexity index is 1510. The van der Waals surface area contributed by atoms with Crippen molar-refractivity contribution in [3.8, 4) is 17.1 Å². The number of aryl methyl sites for hydroxylation is 1. The van der Waals surface area contributed by atoms with Crippen molar-refractivity contribution in [1.82, 2.24) is 0 Å². The van der Waals surface area contributed by atoms with Crippen molar-refractivity contribution < 1.29 is 23.5 Å². The van der Waals surface area contributed by atoms with Crippen molar-refractivity contribution in [2.24, 2.45) is 0 Å². The molecule has 5 heteroatoms. The van der Waals surface area contributed by atoms with Crippen molar-refractivity contribution in [3.05, 3.63) is 102 Å². The molecular formula is C29H22O5. The van der Waals surface area contributed by atoms with E-state index in [4.69, 9.17) is 13.9 Å². The fraction of sp³-hybridized carbons (Fsp3) is 0.103. The summed E-state index contributed by atoms with van der Waals surface area (Å²) in [5, 5.41) is 1.97. The molecule has 1 heterocycles. The van der Waals surface area contributed by atoms with E-state index in [0.29, 0.717) is 39.0 Å². The van der Waals surface area contributed by atoms with Gasteiger partial charge in [-0.3, -0.25) is 0 Å². The Morgan fingerprint density at radius 2 is 1.47 bits per heavy atom. The van der Waals surface area contributed by atoms with E-state index in [0.717, 1.165) is 16.5 Å². The zero-order valence-corrected chi connectivity index (χ0v) is 18.8. The highest BCUT2D eigenvalue weighted by molar-refractivity contribution is 6.17. The van der Waals surface area contributed by atoms with E-state index in [1.165, 1.54) is 0 Å². The summed E-state index contributed by atoms with van der Waals surface area (Å²) in [6.45, 7) is 3.94. The molecule has 0 saturated carbocycles. The number of carbonyl (C=O) groups excluding carboxylic acids is 2. The second-order valence-corrected chi connectivity index (χ2v) is 7.95. The van der Waals surface area contributed by atoms with Crippen LogP contribution in [0.25, 0.3) is 33.1 Å². The first-order chi connectivity index (χ1) is 16.6. The summed E-state index contributed by atoms with van der Waals surface area (Å²) in [7, 11) is 0. The Morgan fingerprint density at radius 3 is 2.18 bits per heavy atom. The molecule has 0 aliphatic rings. The summed E-state index contributed by atoms with van der Waals surface area (Å²) in [6, 6.07) is 25.8. The largest absolute Gasteiger partial charge is 0.462 e. The van der Waals surface area contributed by atoms with E-state index in [1.807, 2.05) is 73.7 Å². The summed E-state index contributed by atoms with van der Waals surface area (Å²) in [6.07, 6.45) is 0. The van der Waals surface area contributed by atoms with E-state index in [1.54, 1.807) is 25.1 Å². The minimum absolute atomic E-state index is 0.225. The van der Waals surface area contributed by atoms with E-state index in [2.05, 4.69) is 0 Å². The third kappa shape index (κ3) is 3.82. The number of carbonyl (C=O) groups is 2. The van der Waals surface area contributed by atoms with Gasteiger partial charge in [0.25, 0.3) is 0 Å². The lowest BCUT2D eigenvalue weighted by atomic mass is 10.0. The van der Waals surface area contributed by atoms with Crippen LogP contribution in [0, 0.1) is 6.92 Å². The summed E-state index contributed by atoms with van der Waals surface area (Å²) in [5.41, 5.74) is 3.09. The van der Waals surface area contributed by atoms with Gasteiger partial charge in [-0.1, -0.05) is 72.3 Å². The van der Waals surface area contributed by atoms with Crippen molar-refractivity contribution in [3.63, 3.8) is 0 Å². The maximum atomic E-state index is 13.0. The third-order valence-electron chi connectivity index (χ3n) is 5.66. The molecule has 0 bridgehead atoms. The van der Waals surface area contributed by atoms with Crippen molar-refractivity contribution >= 4 is 33.7 Å². The van der Waals surface area contributed by atoms with Crippen LogP contribution in [0.4, 0.5) is 0 Å². The quantitative estimate of drug-likeness (QED) is 0.214. The summed E-state index contributed by atoms with van der Waals surface area (Å²) in [4.78, 5) is 26.0. The predicted octanol–water partition coefficient (Wildman–Crippen LogP) is 6.96. The molecule has 5 aromatic rings. The molecule has 0 N–H and O–H groups in total. The molecule has 0 aliphatic carbocycles. The lowest BCUT2D eigenvalue weighted by molar-refractivity contribution is 0.0528. The van der Waals surface area contributed by atoms with Crippen LogP contribution in [0.15, 0.2) is 89.3 Å². The van der Waals surface area contributed by atoms with Gasteiger partial charge in [-0.2, -0.15) is 0 Å². The first-order valence-corrected chi connectivity index (χ1v) is 11.1. The van der Waals surface area contributed by atoms with Gasteiger partial charge >= 0.3 is 11.9 Å². The maximum absolute atomic E-state index is 13.0. The van der Waals surface area contributed by atoms with Gasteiger partial charge in [0.05, 0.1) is 12.2 Å². The second-order valence-electron chi connectivity index (χ2n) is 7.95. The van der Waals surface area contributed by atoms with Crippen LogP contribution in [0.3, 0.4) is 0 Å². The van der Waals surface area contributed by atoms with E-state index in [-0.39, 0.29) is 6.61 Å². The molecule has 5 nitrogen and oxygen atoms in total. The molecule has 0 radical (unpaired) electrons. The Kier molecular flexibility index (Phi) is 5.60. The molecule has 0 unspecified atom stereocenters. The molecule has 0 atom stereocenters. The molecule has 0 aliphatic heterocycles. The fourth-order valence-electron chi connectivity index (χ4n) is 4.02. The number of hydrogen-bond donors (Lipinski definition) is 0. The van der Waals surface area contributed by atoms with Crippen LogP contribution in [0.5, 0.6) is 5.75 Å². The molecular weight excluding hydrogens is 428 g/mol. The maximum Gasteiger partial charge on any atom is 0.343 e. The van der Waals surface area contributed by atoms with E-state index >= 15 is 0 Å². The smallest absolute Gasteiger partial charge is 0.343 e. The Morgan fingerprint density at radius 1 is 0.794 bits per heavy atom. The summed E-state index contributed by atoms with van der Waals surface area (Å²) >= 11 is 0. The Hall–Kier alpha value is -4.38. The van der Waals surface area contributed by atoms with Gasteiger partial charge in [-0.15, -0.1) is 0 Å². The van der Waals surface area contributed by atoms with Crippen molar-refractivity contribution in [2.45, 2.75) is 13.8 Å². The van der Waals surface area contributed by atoms with Gasteiger partial charge in [0.1, 0.15) is 22.7 Å². The molecule has 5 rings (SSSR count). The van der Waals surface area contributed by atoms with Crippen molar-refractivity contribution in [2.75, 3.05) is 6.61 Å². The first kappa shape index (κ1) is 21.5. The molecule has 1 aromatic heterocycles. The number of ether oxygens (including phenoxy) is 2. The molecule has 0 spiro atoms. The van der Waals surface area contributed by atoms with Gasteiger partial charge in [0, 0.05) is 21.7 Å². The highest BCUT2D eigenvalue weighted by atomic mass is 16.5. The monoisotopic (exact) mass is 450 g/mol. The SMILES string of the molecule is CCOC(=O)c1c(-c2ccccc2)oc2c1cc(OC(=O)c1ccc(C)cc1)c1ccccc12. The second kappa shape index (κ2) is 8.87. The zero-order valence-electron chi connectivity index (χ0n) is 18.8. The van der Waals surface area contributed by atoms with Crippen LogP contribution in [-0.2, 0) is 4.74 Å². The number of hydrogen-bond acceptors (Lipinski definition) is 5. The van der Waals surface area contributed by atoms with Crippen LogP contribution in [0.1, 0.15) is 33.2 Å². The standard InChI is InChI=1S/C29H22O5/c1-3-32-29(31)25-23-17-24(33-28(30)20-15-13-18(2)14-16-20)21-11-7-8-12-22(21)27(23)34-26(25)19-9-5-4-6-10-19/h4-17H,3H2,1-2H3. The van der Waals surface area contributed by atoms with Crippen LogP contribution < -0.4 is 4.74 Å². The lowest BCUT2D eigenvalue weighted by Crippen LogP contribution is -2.09.